The van der Waals surface area contributed by atoms with Crippen molar-refractivity contribution in [2.75, 3.05) is 0 Å². The molecule has 2 atom stereocenters. The van der Waals surface area contributed by atoms with E-state index in [1.54, 1.807) is 0 Å². The van der Waals surface area contributed by atoms with E-state index in [4.69, 9.17) is 0 Å². The topological polar surface area (TPSA) is 37.3 Å². The third-order valence-electron chi connectivity index (χ3n) is 5.64. The third kappa shape index (κ3) is 2.12. The lowest BCUT2D eigenvalue weighted by atomic mass is 9.68. The van der Waals surface area contributed by atoms with Gasteiger partial charge >= 0.3 is 0 Å². The van der Waals surface area contributed by atoms with E-state index in [-0.39, 0.29) is 17.6 Å². The highest BCUT2D eigenvalue weighted by atomic mass is 16.3. The van der Waals surface area contributed by atoms with Gasteiger partial charge in [0.1, 0.15) is 0 Å². The number of hydrogen-bond acceptors (Lipinski definition) is 2. The van der Waals surface area contributed by atoms with E-state index in [1.807, 2.05) is 72.8 Å². The maximum atomic E-state index is 12.9. The van der Waals surface area contributed by atoms with Gasteiger partial charge in [0, 0.05) is 23.0 Å². The first-order valence-electron chi connectivity index (χ1n) is 8.93. The number of ketones is 1. The summed E-state index contributed by atoms with van der Waals surface area (Å²) in [6.45, 7) is 0. The van der Waals surface area contributed by atoms with Crippen LogP contribution in [-0.4, -0.2) is 10.9 Å². The molecule has 2 aliphatic carbocycles. The average Bonchev–Trinajstić information content (AvgIpc) is 2.70. The maximum absolute atomic E-state index is 12.9. The van der Waals surface area contributed by atoms with Gasteiger partial charge in [-0.25, -0.2) is 0 Å². The number of fused-ring (bicyclic) bond motifs is 3. The zero-order valence-corrected chi connectivity index (χ0v) is 14.2. The van der Waals surface area contributed by atoms with Crippen LogP contribution >= 0.6 is 0 Å². The molecule has 0 saturated carbocycles. The normalized spacial score (nSPS) is 21.0. The Morgan fingerprint density at radius 1 is 0.692 bits per heavy atom. The number of carbonyl (C=O) groups is 1. The summed E-state index contributed by atoms with van der Waals surface area (Å²) in [5, 5.41) is 11.2. The number of aliphatic hydroxyl groups is 1. The van der Waals surface area contributed by atoms with E-state index in [0.29, 0.717) is 0 Å². The van der Waals surface area contributed by atoms with Crippen molar-refractivity contribution in [1.29, 1.82) is 0 Å². The molecule has 0 aliphatic heterocycles. The minimum atomic E-state index is -0.601. The molecular weight excluding hydrogens is 320 g/mol. The average molecular weight is 338 g/mol. The Labute approximate surface area is 152 Å². The number of benzene rings is 3. The summed E-state index contributed by atoms with van der Waals surface area (Å²) in [7, 11) is 0. The van der Waals surface area contributed by atoms with Gasteiger partial charge in [0.25, 0.3) is 0 Å². The Bertz CT molecular complexity index is 998. The van der Waals surface area contributed by atoms with Gasteiger partial charge in [0.2, 0.25) is 0 Å². The van der Waals surface area contributed by atoms with E-state index >= 15 is 0 Å². The van der Waals surface area contributed by atoms with Gasteiger partial charge < -0.3 is 5.11 Å². The Morgan fingerprint density at radius 2 is 1.23 bits per heavy atom. The molecule has 2 heteroatoms. The molecule has 0 bridgehead atoms. The molecule has 0 radical (unpaired) electrons. The van der Waals surface area contributed by atoms with Crippen molar-refractivity contribution in [2.45, 2.75) is 12.0 Å². The van der Waals surface area contributed by atoms with Crippen molar-refractivity contribution in [1.82, 2.24) is 0 Å². The molecule has 3 aromatic carbocycles. The highest BCUT2D eigenvalue weighted by Crippen LogP contribution is 2.47. The number of aliphatic hydroxyl groups excluding tert-OH is 1. The largest absolute Gasteiger partial charge is 0.388 e. The van der Waals surface area contributed by atoms with Crippen molar-refractivity contribution in [3.8, 4) is 0 Å². The monoisotopic (exact) mass is 338 g/mol. The smallest absolute Gasteiger partial charge is 0.193 e. The van der Waals surface area contributed by atoms with Gasteiger partial charge in [-0.3, -0.25) is 4.79 Å². The number of hydrogen-bond donors (Lipinski definition) is 1. The second-order valence-electron chi connectivity index (χ2n) is 6.99. The van der Waals surface area contributed by atoms with Gasteiger partial charge in [-0.05, 0) is 22.3 Å². The SMILES string of the molecule is O=C1c2ccccc2C(C2C=Cc3ccccc3[C@H]2O)c2ccccc21. The summed E-state index contributed by atoms with van der Waals surface area (Å²) in [6.07, 6.45) is 3.59. The fourth-order valence-corrected chi connectivity index (χ4v) is 4.43. The minimum absolute atomic E-state index is 0.0419. The Balaban J connectivity index is 1.71. The Hall–Kier alpha value is -2.97. The first-order chi connectivity index (χ1) is 12.8. The highest BCUT2D eigenvalue weighted by Gasteiger charge is 2.39. The lowest BCUT2D eigenvalue weighted by molar-refractivity contribution is 0.101. The maximum Gasteiger partial charge on any atom is 0.193 e. The van der Waals surface area contributed by atoms with Crippen LogP contribution in [0.25, 0.3) is 6.08 Å². The van der Waals surface area contributed by atoms with Gasteiger partial charge in [0.15, 0.2) is 5.78 Å². The van der Waals surface area contributed by atoms with Gasteiger partial charge in [-0.2, -0.15) is 0 Å². The van der Waals surface area contributed by atoms with Crippen LogP contribution in [-0.2, 0) is 0 Å². The van der Waals surface area contributed by atoms with E-state index < -0.39 is 6.10 Å². The summed E-state index contributed by atoms with van der Waals surface area (Å²) in [5.41, 5.74) is 5.51. The first kappa shape index (κ1) is 15.3. The van der Waals surface area contributed by atoms with Crippen LogP contribution in [0.2, 0.25) is 0 Å². The number of carbonyl (C=O) groups excluding carboxylic acids is 1. The summed E-state index contributed by atoms with van der Waals surface area (Å²) < 4.78 is 0. The molecular formula is C24H18O2. The van der Waals surface area contributed by atoms with Crippen molar-refractivity contribution in [3.05, 3.63) is 112 Å². The highest BCUT2D eigenvalue weighted by molar-refractivity contribution is 6.12. The molecule has 0 spiro atoms. The van der Waals surface area contributed by atoms with Crippen LogP contribution < -0.4 is 0 Å². The molecule has 1 unspecified atom stereocenters. The second-order valence-corrected chi connectivity index (χ2v) is 6.99. The first-order valence-corrected chi connectivity index (χ1v) is 8.93. The van der Waals surface area contributed by atoms with E-state index in [0.717, 1.165) is 33.4 Å². The summed E-state index contributed by atoms with van der Waals surface area (Å²) >= 11 is 0. The quantitative estimate of drug-likeness (QED) is 0.696. The lowest BCUT2D eigenvalue weighted by Gasteiger charge is -2.36. The van der Waals surface area contributed by atoms with Crippen LogP contribution in [0.3, 0.4) is 0 Å². The predicted octanol–water partition coefficient (Wildman–Crippen LogP) is 4.74. The molecule has 2 nitrogen and oxygen atoms in total. The predicted molar refractivity (Wildman–Crippen MR) is 102 cm³/mol. The molecule has 1 N–H and O–H groups in total. The Morgan fingerprint density at radius 3 is 1.88 bits per heavy atom. The minimum Gasteiger partial charge on any atom is -0.388 e. The molecule has 0 saturated heterocycles. The van der Waals surface area contributed by atoms with E-state index in [1.165, 1.54) is 0 Å². The molecule has 126 valence electrons. The molecule has 0 fully saturated rings. The van der Waals surface area contributed by atoms with Crippen molar-refractivity contribution < 1.29 is 9.90 Å². The standard InChI is InChI=1S/C24H18O2/c25-23-16-8-2-1-7-15(16)13-14-21(23)22-17-9-3-5-11-19(17)24(26)20-12-6-4-10-18(20)22/h1-14,21-23,25H/t21?,23-/m1/s1. The van der Waals surface area contributed by atoms with Crippen molar-refractivity contribution in [2.24, 2.45) is 5.92 Å². The van der Waals surface area contributed by atoms with E-state index in [9.17, 15) is 9.90 Å². The lowest BCUT2D eigenvalue weighted by Crippen LogP contribution is -2.28. The van der Waals surface area contributed by atoms with E-state index in [2.05, 4.69) is 12.2 Å². The molecule has 0 amide bonds. The molecule has 2 aliphatic rings. The zero-order chi connectivity index (χ0) is 17.7. The van der Waals surface area contributed by atoms with Crippen LogP contribution in [0.1, 0.15) is 50.2 Å². The molecule has 5 rings (SSSR count). The molecule has 0 heterocycles. The molecule has 26 heavy (non-hydrogen) atoms. The summed E-state index contributed by atoms with van der Waals surface area (Å²) in [4.78, 5) is 12.9. The summed E-state index contributed by atoms with van der Waals surface area (Å²) in [6, 6.07) is 23.6. The van der Waals surface area contributed by atoms with Crippen molar-refractivity contribution >= 4 is 11.9 Å². The Kier molecular flexibility index (Phi) is 3.41. The summed E-state index contributed by atoms with van der Waals surface area (Å²) in [5.74, 6) is -0.0814. The third-order valence-corrected chi connectivity index (χ3v) is 5.64. The van der Waals surface area contributed by atoms with Gasteiger partial charge in [-0.1, -0.05) is 84.9 Å². The van der Waals surface area contributed by atoms with Gasteiger partial charge in [-0.15, -0.1) is 0 Å². The van der Waals surface area contributed by atoms with Crippen LogP contribution in [0.5, 0.6) is 0 Å². The van der Waals surface area contributed by atoms with Gasteiger partial charge in [0.05, 0.1) is 6.10 Å². The molecule has 3 aromatic rings. The fourth-order valence-electron chi connectivity index (χ4n) is 4.43. The molecule has 0 aromatic heterocycles. The van der Waals surface area contributed by atoms with Crippen LogP contribution in [0, 0.1) is 5.92 Å². The second kappa shape index (κ2) is 5.79. The van der Waals surface area contributed by atoms with Crippen LogP contribution in [0.4, 0.5) is 0 Å². The zero-order valence-electron chi connectivity index (χ0n) is 14.2. The fraction of sp³-hybridized carbons (Fsp3) is 0.125. The van der Waals surface area contributed by atoms with Crippen molar-refractivity contribution in [3.63, 3.8) is 0 Å². The number of rotatable bonds is 1. The van der Waals surface area contributed by atoms with Crippen LogP contribution in [0.15, 0.2) is 78.9 Å².